The van der Waals surface area contributed by atoms with E-state index in [4.69, 9.17) is 14.5 Å². The van der Waals surface area contributed by atoms with Crippen molar-refractivity contribution in [2.45, 2.75) is 31.3 Å². The van der Waals surface area contributed by atoms with E-state index in [0.29, 0.717) is 0 Å². The first-order valence-corrected chi connectivity index (χ1v) is 4.89. The summed E-state index contributed by atoms with van der Waals surface area (Å²) in [5.74, 6) is 0. The van der Waals surface area contributed by atoms with Crippen LogP contribution in [0.4, 0.5) is 0 Å². The smallest absolute Gasteiger partial charge is 0.147 e. The van der Waals surface area contributed by atoms with Gasteiger partial charge in [-0.3, -0.25) is 0 Å². The summed E-state index contributed by atoms with van der Waals surface area (Å²) in [6, 6.07) is 10.0. The zero-order chi connectivity index (χ0) is 9.54. The molecule has 2 heterocycles. The van der Waals surface area contributed by atoms with Crippen molar-refractivity contribution in [3.05, 3.63) is 35.9 Å². The van der Waals surface area contributed by atoms with E-state index in [0.717, 1.165) is 5.56 Å². The van der Waals surface area contributed by atoms with E-state index in [9.17, 15) is 0 Å². The van der Waals surface area contributed by atoms with Crippen LogP contribution >= 0.6 is 0 Å². The van der Waals surface area contributed by atoms with Crippen LogP contribution in [0.15, 0.2) is 30.3 Å². The largest absolute Gasteiger partial charge is 0.363 e. The molecule has 0 saturated carbocycles. The average Bonchev–Trinajstić information content (AvgIpc) is 3.00. The number of benzene rings is 1. The molecule has 0 amide bonds. The zero-order valence-electron chi connectivity index (χ0n) is 7.92. The SMILES string of the molecule is C[C@@H]1OO[C@H](c2ccccc2)[C@H]2O[C@H]21. The maximum absolute atomic E-state index is 5.51. The maximum atomic E-state index is 5.51. The second-order valence-corrected chi connectivity index (χ2v) is 3.79. The Morgan fingerprint density at radius 2 is 1.79 bits per heavy atom. The van der Waals surface area contributed by atoms with E-state index in [1.54, 1.807) is 0 Å². The third-order valence-corrected chi connectivity index (χ3v) is 2.76. The highest BCUT2D eigenvalue weighted by Gasteiger charge is 2.54. The average molecular weight is 192 g/mol. The van der Waals surface area contributed by atoms with Crippen LogP contribution in [0, 0.1) is 0 Å². The lowest BCUT2D eigenvalue weighted by Crippen LogP contribution is -2.28. The van der Waals surface area contributed by atoms with Crippen LogP contribution in [0.5, 0.6) is 0 Å². The summed E-state index contributed by atoms with van der Waals surface area (Å²) in [5, 5.41) is 0. The molecule has 2 aliphatic rings. The van der Waals surface area contributed by atoms with Crippen molar-refractivity contribution in [2.24, 2.45) is 0 Å². The summed E-state index contributed by atoms with van der Waals surface area (Å²) in [6.45, 7) is 1.96. The molecule has 4 atom stereocenters. The molecule has 2 saturated heterocycles. The van der Waals surface area contributed by atoms with E-state index in [1.165, 1.54) is 0 Å². The maximum Gasteiger partial charge on any atom is 0.147 e. The van der Waals surface area contributed by atoms with Gasteiger partial charge >= 0.3 is 0 Å². The summed E-state index contributed by atoms with van der Waals surface area (Å²) < 4.78 is 5.51. The molecule has 1 aromatic carbocycles. The number of hydrogen-bond acceptors (Lipinski definition) is 3. The van der Waals surface area contributed by atoms with Gasteiger partial charge in [0.1, 0.15) is 24.4 Å². The van der Waals surface area contributed by atoms with Gasteiger partial charge in [0.15, 0.2) is 0 Å². The van der Waals surface area contributed by atoms with E-state index in [-0.39, 0.29) is 24.4 Å². The highest BCUT2D eigenvalue weighted by atomic mass is 17.2. The summed E-state index contributed by atoms with van der Waals surface area (Å²) in [6.07, 6.45) is 0.396. The van der Waals surface area contributed by atoms with Crippen molar-refractivity contribution in [1.82, 2.24) is 0 Å². The van der Waals surface area contributed by atoms with E-state index >= 15 is 0 Å². The minimum atomic E-state index is -0.0580. The third-order valence-electron chi connectivity index (χ3n) is 2.76. The van der Waals surface area contributed by atoms with E-state index in [2.05, 4.69) is 0 Å². The van der Waals surface area contributed by atoms with Crippen LogP contribution in [0.3, 0.4) is 0 Å². The molecule has 14 heavy (non-hydrogen) atoms. The van der Waals surface area contributed by atoms with Crippen LogP contribution in [0.2, 0.25) is 0 Å². The van der Waals surface area contributed by atoms with Gasteiger partial charge in [-0.05, 0) is 12.5 Å². The molecule has 0 aliphatic carbocycles. The van der Waals surface area contributed by atoms with E-state index in [1.807, 2.05) is 37.3 Å². The van der Waals surface area contributed by atoms with Crippen LogP contribution in [0.25, 0.3) is 0 Å². The first-order chi connectivity index (χ1) is 6.86. The summed E-state index contributed by atoms with van der Waals surface area (Å²) in [7, 11) is 0. The molecule has 0 radical (unpaired) electrons. The molecule has 3 rings (SSSR count). The molecule has 1 aromatic rings. The Morgan fingerprint density at radius 3 is 2.57 bits per heavy atom. The standard InChI is InChI=1S/C11H12O3/c1-7-9-11(12-9)10(14-13-7)8-5-3-2-4-6-8/h2-7,9-11H,1H3/t7-,9-,10+,11-/m0/s1. The molecule has 3 heteroatoms. The molecule has 2 fully saturated rings. The first kappa shape index (κ1) is 8.41. The molecule has 0 aromatic heterocycles. The van der Waals surface area contributed by atoms with Gasteiger partial charge in [-0.1, -0.05) is 30.3 Å². The molecular weight excluding hydrogens is 180 g/mol. The van der Waals surface area contributed by atoms with Gasteiger partial charge in [0.05, 0.1) is 0 Å². The molecule has 0 spiro atoms. The third kappa shape index (κ3) is 1.25. The van der Waals surface area contributed by atoms with Gasteiger partial charge < -0.3 is 4.74 Å². The minimum Gasteiger partial charge on any atom is -0.363 e. The first-order valence-electron chi connectivity index (χ1n) is 4.89. The summed E-state index contributed by atoms with van der Waals surface area (Å²) in [5.41, 5.74) is 1.12. The van der Waals surface area contributed by atoms with Gasteiger partial charge in [-0.25, -0.2) is 9.78 Å². The normalized spacial score (nSPS) is 40.4. The quantitative estimate of drug-likeness (QED) is 0.502. The van der Waals surface area contributed by atoms with Gasteiger partial charge in [0, 0.05) is 0 Å². The topological polar surface area (TPSA) is 31.0 Å². The Hall–Kier alpha value is -0.900. The van der Waals surface area contributed by atoms with Crippen molar-refractivity contribution in [3.8, 4) is 0 Å². The molecule has 74 valence electrons. The highest BCUT2D eigenvalue weighted by Crippen LogP contribution is 2.43. The Bertz CT molecular complexity index is 325. The lowest BCUT2D eigenvalue weighted by molar-refractivity contribution is -0.364. The molecule has 3 nitrogen and oxygen atoms in total. The fourth-order valence-electron chi connectivity index (χ4n) is 1.90. The van der Waals surface area contributed by atoms with Crippen LogP contribution in [0.1, 0.15) is 18.6 Å². The molecule has 0 N–H and O–H groups in total. The second-order valence-electron chi connectivity index (χ2n) is 3.79. The predicted molar refractivity (Wildman–Crippen MR) is 49.5 cm³/mol. The molecular formula is C11H12O3. The Balaban J connectivity index is 1.82. The van der Waals surface area contributed by atoms with Crippen molar-refractivity contribution in [1.29, 1.82) is 0 Å². The highest BCUT2D eigenvalue weighted by molar-refractivity contribution is 5.21. The van der Waals surface area contributed by atoms with Crippen molar-refractivity contribution < 1.29 is 14.5 Å². The van der Waals surface area contributed by atoms with Gasteiger partial charge in [-0.15, -0.1) is 0 Å². The Kier molecular flexibility index (Phi) is 1.83. The molecule has 2 aliphatic heterocycles. The zero-order valence-corrected chi connectivity index (χ0v) is 7.92. The van der Waals surface area contributed by atoms with Gasteiger partial charge in [-0.2, -0.15) is 0 Å². The molecule has 0 unspecified atom stereocenters. The fourth-order valence-corrected chi connectivity index (χ4v) is 1.90. The van der Waals surface area contributed by atoms with Crippen molar-refractivity contribution in [2.75, 3.05) is 0 Å². The second kappa shape index (κ2) is 3.05. The number of hydrogen-bond donors (Lipinski definition) is 0. The van der Waals surface area contributed by atoms with E-state index < -0.39 is 0 Å². The van der Waals surface area contributed by atoms with Crippen LogP contribution in [-0.2, 0) is 14.5 Å². The van der Waals surface area contributed by atoms with Crippen LogP contribution in [-0.4, -0.2) is 18.3 Å². The van der Waals surface area contributed by atoms with Crippen molar-refractivity contribution in [3.63, 3.8) is 0 Å². The monoisotopic (exact) mass is 192 g/mol. The summed E-state index contributed by atoms with van der Waals surface area (Å²) in [4.78, 5) is 10.5. The minimum absolute atomic E-state index is 0.0555. The fraction of sp³-hybridized carbons (Fsp3) is 0.455. The van der Waals surface area contributed by atoms with Gasteiger partial charge in [0.25, 0.3) is 0 Å². The van der Waals surface area contributed by atoms with Crippen LogP contribution < -0.4 is 0 Å². The Labute approximate surface area is 82.5 Å². The van der Waals surface area contributed by atoms with Crippen molar-refractivity contribution >= 4 is 0 Å². The number of rotatable bonds is 1. The summed E-state index contributed by atoms with van der Waals surface area (Å²) >= 11 is 0. The molecule has 0 bridgehead atoms. The Morgan fingerprint density at radius 1 is 1.00 bits per heavy atom. The van der Waals surface area contributed by atoms with Gasteiger partial charge in [0.2, 0.25) is 0 Å². The predicted octanol–water partition coefficient (Wildman–Crippen LogP) is 1.85. The number of ether oxygens (including phenoxy) is 1. The number of fused-ring (bicyclic) bond motifs is 1. The lowest BCUT2D eigenvalue weighted by Gasteiger charge is -2.22. The number of epoxide rings is 1. The lowest BCUT2D eigenvalue weighted by atomic mass is 10.0.